The van der Waals surface area contributed by atoms with Crippen molar-refractivity contribution in [3.05, 3.63) is 131 Å². The predicted octanol–water partition coefficient (Wildman–Crippen LogP) is 7.95. The van der Waals surface area contributed by atoms with Crippen LogP contribution >= 0.6 is 0 Å². The molecule has 5 nitrogen and oxygen atoms in total. The lowest BCUT2D eigenvalue weighted by Gasteiger charge is -2.49. The Morgan fingerprint density at radius 1 is 0.814 bits per heavy atom. The van der Waals surface area contributed by atoms with Crippen molar-refractivity contribution in [1.29, 1.82) is 0 Å². The van der Waals surface area contributed by atoms with Crippen LogP contribution in [0.5, 0.6) is 5.75 Å². The number of hydrogen-bond acceptors (Lipinski definition) is 4. The van der Waals surface area contributed by atoms with Crippen molar-refractivity contribution in [2.75, 3.05) is 18.1 Å². The molecule has 1 amide bonds. The maximum absolute atomic E-state index is 13.8. The summed E-state index contributed by atoms with van der Waals surface area (Å²) in [7, 11) is 0. The normalized spacial score (nSPS) is 20.8. The number of ether oxygens (including phenoxy) is 3. The van der Waals surface area contributed by atoms with Gasteiger partial charge >= 0.3 is 0 Å². The summed E-state index contributed by atoms with van der Waals surface area (Å²) < 4.78 is 46.3. The fraction of sp³-hybridized carbons (Fsp3) is 0.306. The number of anilines is 1. The number of β-lactam (4-membered cyclic amide) rings is 1. The average Bonchev–Trinajstić information content (AvgIpc) is 3.02. The van der Waals surface area contributed by atoms with Gasteiger partial charge in [-0.1, -0.05) is 68.4 Å². The Bertz CT molecular complexity index is 1530. The zero-order chi connectivity index (χ0) is 30.0. The van der Waals surface area contributed by atoms with E-state index in [4.69, 9.17) is 14.2 Å². The quantitative estimate of drug-likeness (QED) is 0.188. The van der Waals surface area contributed by atoms with Crippen molar-refractivity contribution in [3.8, 4) is 5.75 Å². The molecule has 2 saturated heterocycles. The van der Waals surface area contributed by atoms with Crippen LogP contribution in [0.4, 0.5) is 14.5 Å². The molecule has 2 aliphatic heterocycles. The molecule has 4 aromatic carbocycles. The summed E-state index contributed by atoms with van der Waals surface area (Å²) in [5.41, 5.74) is 3.22. The summed E-state index contributed by atoms with van der Waals surface area (Å²) in [6.45, 7) is 5.54. The van der Waals surface area contributed by atoms with Crippen molar-refractivity contribution < 1.29 is 27.8 Å². The SMILES string of the molecule is CC1(C)COC(CC[C@H]2C(=O)N(c3ccc(F)cc3)[C@@H]2c2ccc(OCc3ccccc3)cc2)(c2ccc(F)cc2)OC1. The zero-order valence-electron chi connectivity index (χ0n) is 24.3. The third-order valence-electron chi connectivity index (χ3n) is 8.25. The Morgan fingerprint density at radius 2 is 1.42 bits per heavy atom. The summed E-state index contributed by atoms with van der Waals surface area (Å²) >= 11 is 0. The van der Waals surface area contributed by atoms with Gasteiger partial charge in [-0.05, 0) is 66.1 Å². The highest BCUT2D eigenvalue weighted by molar-refractivity contribution is 6.03. The molecule has 0 radical (unpaired) electrons. The molecule has 0 spiro atoms. The Hall–Kier alpha value is -4.07. The van der Waals surface area contributed by atoms with Crippen LogP contribution in [-0.2, 0) is 26.7 Å². The third kappa shape index (κ3) is 6.19. The van der Waals surface area contributed by atoms with E-state index in [1.54, 1.807) is 29.2 Å². The van der Waals surface area contributed by atoms with Crippen molar-refractivity contribution >= 4 is 11.6 Å². The van der Waals surface area contributed by atoms with Crippen molar-refractivity contribution in [3.63, 3.8) is 0 Å². The van der Waals surface area contributed by atoms with Gasteiger partial charge in [0.15, 0.2) is 5.79 Å². The molecule has 4 aromatic rings. The molecule has 0 N–H and O–H groups in total. The lowest BCUT2D eigenvalue weighted by atomic mass is 9.77. The van der Waals surface area contributed by atoms with Crippen molar-refractivity contribution in [2.45, 2.75) is 45.1 Å². The first-order chi connectivity index (χ1) is 20.7. The van der Waals surface area contributed by atoms with Crippen LogP contribution in [0.2, 0.25) is 0 Å². The van der Waals surface area contributed by atoms with Gasteiger partial charge in [-0.3, -0.25) is 4.79 Å². The molecule has 7 heteroatoms. The minimum atomic E-state index is -1.08. The molecule has 0 aromatic heterocycles. The molecule has 2 aliphatic rings. The molecule has 6 rings (SSSR count). The van der Waals surface area contributed by atoms with Gasteiger partial charge in [-0.25, -0.2) is 8.78 Å². The van der Waals surface area contributed by atoms with Crippen LogP contribution in [0.15, 0.2) is 103 Å². The van der Waals surface area contributed by atoms with E-state index in [0.29, 0.717) is 38.3 Å². The summed E-state index contributed by atoms with van der Waals surface area (Å²) in [5.74, 6) is -1.47. The second-order valence-electron chi connectivity index (χ2n) is 12.1. The van der Waals surface area contributed by atoms with Gasteiger partial charge < -0.3 is 19.1 Å². The number of rotatable bonds is 9. The second-order valence-corrected chi connectivity index (χ2v) is 12.1. The molecule has 0 unspecified atom stereocenters. The summed E-state index contributed by atoms with van der Waals surface area (Å²) in [5, 5.41) is 0. The van der Waals surface area contributed by atoms with Crippen molar-refractivity contribution in [1.82, 2.24) is 0 Å². The van der Waals surface area contributed by atoms with E-state index in [1.807, 2.05) is 54.6 Å². The molecule has 0 saturated carbocycles. The summed E-state index contributed by atoms with van der Waals surface area (Å²) in [6.07, 6.45) is 0.891. The standard InChI is InChI=1S/C36H35F2NO4/c1-35(2)23-42-36(43-24-35,27-10-12-28(37)13-11-27)21-20-32-33(39(34(32)40)30-16-14-29(38)15-17-30)26-8-18-31(19-9-26)41-22-25-6-4-3-5-7-25/h3-19,32-33H,20-24H2,1-2H3/t32-,33-/m1/s1. The number of halogens is 2. The first kappa shape index (κ1) is 29.0. The molecule has 2 fully saturated rings. The molecule has 0 bridgehead atoms. The smallest absolute Gasteiger partial charge is 0.233 e. The van der Waals surface area contributed by atoms with E-state index in [2.05, 4.69) is 13.8 Å². The first-order valence-corrected chi connectivity index (χ1v) is 14.6. The van der Waals surface area contributed by atoms with E-state index in [9.17, 15) is 13.6 Å². The Labute approximate surface area is 251 Å². The largest absolute Gasteiger partial charge is 0.489 e. The zero-order valence-corrected chi connectivity index (χ0v) is 24.3. The molecular formula is C36H35F2NO4. The van der Waals surface area contributed by atoms with E-state index in [-0.39, 0.29) is 34.9 Å². The molecular weight excluding hydrogens is 548 g/mol. The average molecular weight is 584 g/mol. The van der Waals surface area contributed by atoms with Crippen LogP contribution in [-0.4, -0.2) is 19.1 Å². The van der Waals surface area contributed by atoms with Gasteiger partial charge in [0.25, 0.3) is 0 Å². The van der Waals surface area contributed by atoms with Crippen LogP contribution in [0.1, 0.15) is 49.4 Å². The highest BCUT2D eigenvalue weighted by atomic mass is 19.1. The molecule has 2 atom stereocenters. The number of benzene rings is 4. The number of carbonyl (C=O) groups is 1. The van der Waals surface area contributed by atoms with Crippen LogP contribution < -0.4 is 9.64 Å². The van der Waals surface area contributed by atoms with Gasteiger partial charge in [0, 0.05) is 23.1 Å². The van der Waals surface area contributed by atoms with Gasteiger partial charge in [0.2, 0.25) is 5.91 Å². The third-order valence-corrected chi connectivity index (χ3v) is 8.25. The lowest BCUT2D eigenvalue weighted by Crippen LogP contribution is -2.56. The monoisotopic (exact) mass is 583 g/mol. The molecule has 2 heterocycles. The molecule has 222 valence electrons. The maximum atomic E-state index is 13.8. The highest BCUT2D eigenvalue weighted by Crippen LogP contribution is 2.49. The lowest BCUT2D eigenvalue weighted by molar-refractivity contribution is -0.312. The number of amides is 1. The van der Waals surface area contributed by atoms with Gasteiger partial charge in [-0.2, -0.15) is 0 Å². The van der Waals surface area contributed by atoms with Crippen molar-refractivity contribution in [2.24, 2.45) is 11.3 Å². The van der Waals surface area contributed by atoms with E-state index < -0.39 is 5.79 Å². The Morgan fingerprint density at radius 3 is 2.05 bits per heavy atom. The topological polar surface area (TPSA) is 48.0 Å². The predicted molar refractivity (Wildman–Crippen MR) is 160 cm³/mol. The number of hydrogen-bond donors (Lipinski definition) is 0. The number of nitrogens with zero attached hydrogens (tertiary/aromatic N) is 1. The minimum Gasteiger partial charge on any atom is -0.489 e. The highest BCUT2D eigenvalue weighted by Gasteiger charge is 2.51. The van der Waals surface area contributed by atoms with Crippen LogP contribution in [0.25, 0.3) is 0 Å². The van der Waals surface area contributed by atoms with Gasteiger partial charge in [-0.15, -0.1) is 0 Å². The minimum absolute atomic E-state index is 0.0496. The van der Waals surface area contributed by atoms with Gasteiger partial charge in [0.05, 0.1) is 25.2 Å². The molecule has 43 heavy (non-hydrogen) atoms. The van der Waals surface area contributed by atoms with E-state index in [0.717, 1.165) is 22.4 Å². The van der Waals surface area contributed by atoms with E-state index in [1.165, 1.54) is 24.3 Å². The molecule has 0 aliphatic carbocycles. The Kier molecular flexibility index (Phi) is 8.03. The van der Waals surface area contributed by atoms with E-state index >= 15 is 0 Å². The summed E-state index contributed by atoms with van der Waals surface area (Å²) in [4.78, 5) is 15.4. The second kappa shape index (κ2) is 11.9. The Balaban J connectivity index is 1.24. The van der Waals surface area contributed by atoms with Crippen LogP contribution in [0.3, 0.4) is 0 Å². The van der Waals surface area contributed by atoms with Crippen LogP contribution in [0, 0.1) is 23.0 Å². The van der Waals surface area contributed by atoms with Gasteiger partial charge in [0.1, 0.15) is 24.0 Å². The fourth-order valence-corrected chi connectivity index (χ4v) is 5.81. The first-order valence-electron chi connectivity index (χ1n) is 14.6. The fourth-order valence-electron chi connectivity index (χ4n) is 5.81. The summed E-state index contributed by atoms with van der Waals surface area (Å²) in [6, 6.07) is 29.6. The maximum Gasteiger partial charge on any atom is 0.233 e. The number of carbonyl (C=O) groups excluding carboxylic acids is 1.